The lowest BCUT2D eigenvalue weighted by molar-refractivity contribution is -0.137. The lowest BCUT2D eigenvalue weighted by atomic mass is 10.1. The smallest absolute Gasteiger partial charge is 0.416 e. The molecule has 0 spiro atoms. The molecule has 0 bridgehead atoms. The number of benzene rings is 2. The van der Waals surface area contributed by atoms with E-state index in [0.29, 0.717) is 0 Å². The van der Waals surface area contributed by atoms with Crippen molar-refractivity contribution in [2.75, 3.05) is 17.6 Å². The van der Waals surface area contributed by atoms with E-state index in [1.54, 1.807) is 4.72 Å². The maximum absolute atomic E-state index is 15.2. The maximum atomic E-state index is 15.2. The van der Waals surface area contributed by atoms with E-state index in [-0.39, 0.29) is 5.56 Å². The van der Waals surface area contributed by atoms with E-state index >= 15 is 4.39 Å². The molecule has 3 rings (SSSR count). The number of halogens is 8. The highest BCUT2D eigenvalue weighted by molar-refractivity contribution is 7.92. The van der Waals surface area contributed by atoms with Crippen LogP contribution in [0.1, 0.15) is 11.1 Å². The number of aromatic nitrogens is 1. The number of methoxy groups -OCH3 is 1. The summed E-state index contributed by atoms with van der Waals surface area (Å²) in [7, 11) is -3.96. The summed E-state index contributed by atoms with van der Waals surface area (Å²) >= 11 is 0. The largest absolute Gasteiger partial charge is 0.486 e. The average Bonchev–Trinajstić information content (AvgIpc) is 2.76. The molecule has 0 aliphatic rings. The third-order valence-corrected chi connectivity index (χ3v) is 5.89. The molecule has 15 heteroatoms. The van der Waals surface area contributed by atoms with Gasteiger partial charge in [-0.05, 0) is 35.9 Å². The third-order valence-electron chi connectivity index (χ3n) is 4.66. The molecule has 37 heavy (non-hydrogen) atoms. The molecule has 0 fully saturated rings. The second-order valence-electron chi connectivity index (χ2n) is 7.48. The number of alkyl halides is 6. The van der Waals surface area contributed by atoms with Gasteiger partial charge >= 0.3 is 12.4 Å². The number of anilines is 1. The van der Waals surface area contributed by atoms with Gasteiger partial charge in [0.05, 0.1) is 18.2 Å². The molecule has 6 nitrogen and oxygen atoms in total. The van der Waals surface area contributed by atoms with Gasteiger partial charge in [-0.25, -0.2) is 22.2 Å². The fourth-order valence-electron chi connectivity index (χ4n) is 3.15. The van der Waals surface area contributed by atoms with E-state index in [4.69, 9.17) is 9.47 Å². The zero-order valence-corrected chi connectivity index (χ0v) is 19.4. The van der Waals surface area contributed by atoms with Crippen LogP contribution < -0.4 is 14.2 Å². The number of ether oxygens (including phenoxy) is 2. The van der Waals surface area contributed by atoms with Crippen LogP contribution in [0.4, 0.5) is 40.8 Å². The van der Waals surface area contributed by atoms with Crippen molar-refractivity contribution < 1.29 is 53.0 Å². The summed E-state index contributed by atoms with van der Waals surface area (Å²) in [6.07, 6.45) is -8.82. The van der Waals surface area contributed by atoms with Crippen LogP contribution in [0.25, 0.3) is 11.1 Å². The molecule has 200 valence electrons. The van der Waals surface area contributed by atoms with E-state index in [2.05, 4.69) is 4.98 Å². The van der Waals surface area contributed by atoms with Crippen LogP contribution in [0.2, 0.25) is 0 Å². The van der Waals surface area contributed by atoms with Crippen LogP contribution in [0.3, 0.4) is 0 Å². The lowest BCUT2D eigenvalue weighted by Crippen LogP contribution is -2.28. The monoisotopic (exact) mass is 556 g/mol. The van der Waals surface area contributed by atoms with E-state index in [9.17, 15) is 39.2 Å². The Morgan fingerprint density at radius 3 is 2.32 bits per heavy atom. The normalized spacial score (nSPS) is 12.4. The van der Waals surface area contributed by atoms with Crippen molar-refractivity contribution in [2.45, 2.75) is 19.0 Å². The van der Waals surface area contributed by atoms with Crippen LogP contribution in [0.15, 0.2) is 48.7 Å². The Bertz CT molecular complexity index is 1390. The summed E-state index contributed by atoms with van der Waals surface area (Å²) in [5.41, 5.74) is -2.73. The quantitative estimate of drug-likeness (QED) is 0.348. The Kier molecular flexibility index (Phi) is 7.86. The Morgan fingerprint density at radius 2 is 1.70 bits per heavy atom. The second-order valence-corrected chi connectivity index (χ2v) is 9.20. The minimum Gasteiger partial charge on any atom is -0.486 e. The van der Waals surface area contributed by atoms with Crippen molar-refractivity contribution >= 4 is 15.7 Å². The standard InChI is InChI=1S/C22H16F8N2O4S/c1-35-20-16(32-37(33,34)11-21(25,26)27)8-13(9-31-20)18-15(23)5-6-17(19(18)24)36-10-12-3-2-4-14(7-12)22(28,29)30/h2-9,32H,10-11H2,1H3. The minimum atomic E-state index is -5.08. The molecule has 0 aliphatic heterocycles. The number of sulfonamides is 1. The fourth-order valence-corrected chi connectivity index (χ4v) is 4.14. The zero-order valence-electron chi connectivity index (χ0n) is 18.5. The molecule has 0 aliphatic carbocycles. The van der Waals surface area contributed by atoms with Crippen LogP contribution in [0, 0.1) is 11.6 Å². The van der Waals surface area contributed by atoms with Gasteiger partial charge in [-0.1, -0.05) is 12.1 Å². The fraction of sp³-hybridized carbons (Fsp3) is 0.227. The number of hydrogen-bond donors (Lipinski definition) is 1. The van der Waals surface area contributed by atoms with Gasteiger partial charge in [-0.15, -0.1) is 0 Å². The molecule has 2 aromatic carbocycles. The average molecular weight is 556 g/mol. The molecular weight excluding hydrogens is 540 g/mol. The number of rotatable bonds is 8. The van der Waals surface area contributed by atoms with Gasteiger partial charge in [0, 0.05) is 11.8 Å². The van der Waals surface area contributed by atoms with Crippen molar-refractivity contribution in [1.29, 1.82) is 0 Å². The molecular formula is C22H16F8N2O4S. The minimum absolute atomic E-state index is 0.0348. The number of nitrogens with one attached hydrogen (secondary N) is 1. The SMILES string of the molecule is COc1ncc(-c2c(F)ccc(OCc3cccc(C(F)(F)F)c3)c2F)cc1NS(=O)(=O)CC(F)(F)F. The van der Waals surface area contributed by atoms with E-state index in [1.807, 2.05) is 0 Å². The van der Waals surface area contributed by atoms with Crippen LogP contribution in [0.5, 0.6) is 11.6 Å². The predicted molar refractivity (Wildman–Crippen MR) is 115 cm³/mol. The van der Waals surface area contributed by atoms with Crippen LogP contribution in [-0.2, 0) is 22.8 Å². The number of nitrogens with zero attached hydrogens (tertiary/aromatic N) is 1. The summed E-state index contributed by atoms with van der Waals surface area (Å²) in [5.74, 6) is -5.77. The number of pyridine rings is 1. The van der Waals surface area contributed by atoms with Crippen molar-refractivity contribution in [1.82, 2.24) is 4.98 Å². The molecule has 1 N–H and O–H groups in total. The van der Waals surface area contributed by atoms with Crippen LogP contribution in [-0.4, -0.2) is 32.4 Å². The van der Waals surface area contributed by atoms with E-state index < -0.39 is 80.4 Å². The first-order valence-corrected chi connectivity index (χ1v) is 11.6. The van der Waals surface area contributed by atoms with Gasteiger partial charge in [0.25, 0.3) is 0 Å². The highest BCUT2D eigenvalue weighted by Crippen LogP contribution is 2.36. The van der Waals surface area contributed by atoms with Gasteiger partial charge in [-0.3, -0.25) is 4.72 Å². The van der Waals surface area contributed by atoms with Gasteiger partial charge in [0.1, 0.15) is 18.1 Å². The van der Waals surface area contributed by atoms with Crippen molar-refractivity contribution in [2.24, 2.45) is 0 Å². The summed E-state index contributed by atoms with van der Waals surface area (Å²) in [6, 6.07) is 6.50. The molecule has 0 amide bonds. The van der Waals surface area contributed by atoms with Crippen molar-refractivity contribution in [3.05, 3.63) is 71.4 Å². The van der Waals surface area contributed by atoms with Gasteiger partial charge in [0.2, 0.25) is 15.9 Å². The molecule has 0 saturated heterocycles. The second kappa shape index (κ2) is 10.4. The first-order valence-electron chi connectivity index (χ1n) is 9.98. The highest BCUT2D eigenvalue weighted by Gasteiger charge is 2.36. The molecule has 1 aromatic heterocycles. The Morgan fingerprint density at radius 1 is 1.00 bits per heavy atom. The lowest BCUT2D eigenvalue weighted by Gasteiger charge is -2.15. The molecule has 0 unspecified atom stereocenters. The molecule has 0 saturated carbocycles. The molecule has 3 aromatic rings. The van der Waals surface area contributed by atoms with Crippen molar-refractivity contribution in [3.8, 4) is 22.8 Å². The maximum Gasteiger partial charge on any atom is 0.416 e. The predicted octanol–water partition coefficient (Wildman–Crippen LogP) is 5.94. The van der Waals surface area contributed by atoms with Crippen LogP contribution >= 0.6 is 0 Å². The summed E-state index contributed by atoms with van der Waals surface area (Å²) in [6.45, 7) is -0.519. The summed E-state index contributed by atoms with van der Waals surface area (Å²) < 4.78 is 142. The van der Waals surface area contributed by atoms with E-state index in [1.165, 1.54) is 6.07 Å². The summed E-state index contributed by atoms with van der Waals surface area (Å²) in [4.78, 5) is 3.68. The topological polar surface area (TPSA) is 77.5 Å². The first-order chi connectivity index (χ1) is 17.1. The summed E-state index contributed by atoms with van der Waals surface area (Å²) in [5, 5.41) is 0. The third kappa shape index (κ3) is 7.21. The Hall–Kier alpha value is -3.62. The molecule has 1 heterocycles. The first kappa shape index (κ1) is 28.0. The highest BCUT2D eigenvalue weighted by atomic mass is 32.2. The number of hydrogen-bond acceptors (Lipinski definition) is 5. The van der Waals surface area contributed by atoms with E-state index in [0.717, 1.165) is 49.7 Å². The Labute approximate surface area is 204 Å². The van der Waals surface area contributed by atoms with Gasteiger partial charge in [0.15, 0.2) is 17.3 Å². The van der Waals surface area contributed by atoms with Crippen molar-refractivity contribution in [3.63, 3.8) is 0 Å². The van der Waals surface area contributed by atoms with Gasteiger partial charge in [-0.2, -0.15) is 26.3 Å². The molecule has 0 atom stereocenters. The Balaban J connectivity index is 1.94. The zero-order chi connectivity index (χ0) is 27.6. The van der Waals surface area contributed by atoms with Gasteiger partial charge < -0.3 is 9.47 Å². The molecule has 0 radical (unpaired) electrons.